The van der Waals surface area contributed by atoms with E-state index in [2.05, 4.69) is 5.32 Å². The number of carbonyl (C=O) groups is 1. The summed E-state index contributed by atoms with van der Waals surface area (Å²) in [5.41, 5.74) is 1.17. The minimum atomic E-state index is -5.07. The number of hydrogen-bond acceptors (Lipinski definition) is 3. The van der Waals surface area contributed by atoms with E-state index in [-0.39, 0.29) is 12.8 Å². The maximum Gasteiger partial charge on any atom is 0.471 e. The molecule has 0 saturated heterocycles. The molecule has 3 aromatic rings. The van der Waals surface area contributed by atoms with Crippen molar-refractivity contribution in [1.82, 2.24) is 5.32 Å². The summed E-state index contributed by atoms with van der Waals surface area (Å²) in [4.78, 5) is 12.2. The van der Waals surface area contributed by atoms with Crippen LogP contribution in [0.25, 0.3) is 21.9 Å². The smallest absolute Gasteiger partial charge is 0.471 e. The maximum absolute atomic E-state index is 13.4. The summed E-state index contributed by atoms with van der Waals surface area (Å²) in [6.45, 7) is 5.74. The molecular formula is C30H36F3NO3. The van der Waals surface area contributed by atoms with Gasteiger partial charge < -0.3 is 15.2 Å². The van der Waals surface area contributed by atoms with Crippen LogP contribution in [0.15, 0.2) is 54.6 Å². The van der Waals surface area contributed by atoms with Gasteiger partial charge in [0.05, 0.1) is 18.8 Å². The molecular weight excluding hydrogens is 479 g/mol. The van der Waals surface area contributed by atoms with Crippen LogP contribution in [0.4, 0.5) is 13.2 Å². The summed E-state index contributed by atoms with van der Waals surface area (Å²) in [5, 5.41) is 16.0. The van der Waals surface area contributed by atoms with E-state index in [1.165, 1.54) is 0 Å². The van der Waals surface area contributed by atoms with Crippen molar-refractivity contribution >= 4 is 16.7 Å². The van der Waals surface area contributed by atoms with Gasteiger partial charge in [0, 0.05) is 5.56 Å². The van der Waals surface area contributed by atoms with Crippen molar-refractivity contribution in [1.29, 1.82) is 0 Å². The molecule has 0 heterocycles. The fourth-order valence-corrected chi connectivity index (χ4v) is 5.03. The Hall–Kier alpha value is -3.06. The second-order valence-corrected chi connectivity index (χ2v) is 9.60. The lowest BCUT2D eigenvalue weighted by Gasteiger charge is -2.38. The average molecular weight is 516 g/mol. The van der Waals surface area contributed by atoms with Crippen molar-refractivity contribution in [3.8, 4) is 16.9 Å². The molecule has 3 rings (SSSR count). The number of carbonyl (C=O) groups excluding carboxylic acids is 1. The molecule has 4 nitrogen and oxygen atoms in total. The van der Waals surface area contributed by atoms with Crippen molar-refractivity contribution in [2.24, 2.45) is 0 Å². The van der Waals surface area contributed by atoms with E-state index in [0.29, 0.717) is 29.7 Å². The van der Waals surface area contributed by atoms with Crippen LogP contribution in [0.1, 0.15) is 69.5 Å². The normalized spacial score (nSPS) is 13.0. The molecule has 2 N–H and O–H groups in total. The first-order valence-corrected chi connectivity index (χ1v) is 12.8. The molecule has 0 fully saturated rings. The lowest BCUT2D eigenvalue weighted by Crippen LogP contribution is -2.50. The number of ether oxygens (including phenoxy) is 1. The second-order valence-electron chi connectivity index (χ2n) is 9.60. The van der Waals surface area contributed by atoms with Gasteiger partial charge in [-0.25, -0.2) is 0 Å². The zero-order chi connectivity index (χ0) is 27.2. The van der Waals surface area contributed by atoms with Gasteiger partial charge in [0.15, 0.2) is 0 Å². The summed E-state index contributed by atoms with van der Waals surface area (Å²) in [6, 6.07) is 15.7. The predicted molar refractivity (Wildman–Crippen MR) is 142 cm³/mol. The lowest BCUT2D eigenvalue weighted by molar-refractivity contribution is -0.176. The molecule has 0 spiro atoms. The Balaban J connectivity index is 2.25. The standard InChI is InChI=1S/C30H36F3NO3/c1-5-7-18-29(36,19-8-6-2)27(34-28(35)30(31,32)33)23-15-11-14-22(20(23)3)26-24-13-10-9-12-21(24)16-17-25(26)37-4/h9-17,27,36H,5-8,18-19H2,1-4H3,(H,34,35). The van der Waals surface area contributed by atoms with E-state index in [9.17, 15) is 23.1 Å². The van der Waals surface area contributed by atoms with E-state index in [1.807, 2.05) is 63.2 Å². The number of alkyl halides is 3. The van der Waals surface area contributed by atoms with Crippen molar-refractivity contribution in [3.63, 3.8) is 0 Å². The van der Waals surface area contributed by atoms with Gasteiger partial charge in [-0.15, -0.1) is 0 Å². The number of rotatable bonds is 11. The summed E-state index contributed by atoms with van der Waals surface area (Å²) >= 11 is 0. The lowest BCUT2D eigenvalue weighted by atomic mass is 9.78. The molecule has 1 amide bonds. The number of unbranched alkanes of at least 4 members (excludes halogenated alkanes) is 2. The van der Waals surface area contributed by atoms with Gasteiger partial charge in [0.25, 0.3) is 0 Å². The number of halogens is 3. The first-order valence-electron chi connectivity index (χ1n) is 12.8. The van der Waals surface area contributed by atoms with Crippen LogP contribution in [0.5, 0.6) is 5.75 Å². The van der Waals surface area contributed by atoms with Crippen molar-refractivity contribution in [2.45, 2.75) is 77.1 Å². The molecule has 1 unspecified atom stereocenters. The quantitative estimate of drug-likeness (QED) is 0.276. The molecule has 1 atom stereocenters. The predicted octanol–water partition coefficient (Wildman–Crippen LogP) is 7.65. The summed E-state index contributed by atoms with van der Waals surface area (Å²) in [6.07, 6.45) is -1.76. The third-order valence-electron chi connectivity index (χ3n) is 7.06. The number of aliphatic hydroxyl groups is 1. The number of benzene rings is 3. The van der Waals surface area contributed by atoms with Crippen LogP contribution in [0, 0.1) is 6.92 Å². The number of nitrogens with one attached hydrogen (secondary N) is 1. The molecule has 200 valence electrons. The van der Waals surface area contributed by atoms with Gasteiger partial charge >= 0.3 is 12.1 Å². The fourth-order valence-electron chi connectivity index (χ4n) is 5.03. The number of hydrogen-bond donors (Lipinski definition) is 2. The topological polar surface area (TPSA) is 58.6 Å². The van der Waals surface area contributed by atoms with Gasteiger partial charge in [-0.2, -0.15) is 13.2 Å². The first kappa shape index (κ1) is 28.5. The third-order valence-corrected chi connectivity index (χ3v) is 7.06. The van der Waals surface area contributed by atoms with E-state index < -0.39 is 23.7 Å². The van der Waals surface area contributed by atoms with Crippen LogP contribution in [0.3, 0.4) is 0 Å². The largest absolute Gasteiger partial charge is 0.496 e. The van der Waals surface area contributed by atoms with Gasteiger partial charge in [0.1, 0.15) is 5.75 Å². The average Bonchev–Trinajstić information content (AvgIpc) is 2.88. The zero-order valence-electron chi connectivity index (χ0n) is 21.9. The van der Waals surface area contributed by atoms with E-state index in [0.717, 1.165) is 34.7 Å². The summed E-state index contributed by atoms with van der Waals surface area (Å²) < 4.78 is 46.0. The zero-order valence-corrected chi connectivity index (χ0v) is 21.9. The first-order chi connectivity index (χ1) is 17.6. The van der Waals surface area contributed by atoms with Crippen molar-refractivity contribution in [3.05, 3.63) is 65.7 Å². The molecule has 7 heteroatoms. The third kappa shape index (κ3) is 6.27. The molecule has 0 aliphatic carbocycles. The molecule has 0 bridgehead atoms. The van der Waals surface area contributed by atoms with E-state index in [1.54, 1.807) is 19.2 Å². The SMILES string of the molecule is CCCCC(O)(CCCC)C(NC(=O)C(F)(F)F)c1cccc(-c2c(OC)ccc3ccccc23)c1C. The van der Waals surface area contributed by atoms with Gasteiger partial charge in [-0.3, -0.25) is 4.79 Å². The minimum absolute atomic E-state index is 0.271. The highest BCUT2D eigenvalue weighted by atomic mass is 19.4. The summed E-state index contributed by atoms with van der Waals surface area (Å²) in [7, 11) is 1.58. The second kappa shape index (κ2) is 12.0. The Kier molecular flexibility index (Phi) is 9.24. The maximum atomic E-state index is 13.4. The van der Waals surface area contributed by atoms with Crippen molar-refractivity contribution < 1.29 is 27.8 Å². The fraction of sp³-hybridized carbons (Fsp3) is 0.433. The van der Waals surface area contributed by atoms with Crippen LogP contribution in [-0.4, -0.2) is 29.9 Å². The number of amides is 1. The van der Waals surface area contributed by atoms with Crippen molar-refractivity contribution in [2.75, 3.05) is 7.11 Å². The Labute approximate surface area is 216 Å². The van der Waals surface area contributed by atoms with Crippen LogP contribution < -0.4 is 10.1 Å². The highest BCUT2D eigenvalue weighted by molar-refractivity contribution is 6.00. The molecule has 0 aliphatic heterocycles. The Bertz CT molecular complexity index is 1210. The van der Waals surface area contributed by atoms with Gasteiger partial charge in [-0.1, -0.05) is 88.1 Å². The monoisotopic (exact) mass is 515 g/mol. The minimum Gasteiger partial charge on any atom is -0.496 e. The molecule has 3 aromatic carbocycles. The summed E-state index contributed by atoms with van der Waals surface area (Å²) in [5.74, 6) is -1.43. The Morgan fingerprint density at radius 1 is 0.973 bits per heavy atom. The molecule has 0 aliphatic rings. The molecule has 37 heavy (non-hydrogen) atoms. The van der Waals surface area contributed by atoms with Gasteiger partial charge in [0.2, 0.25) is 0 Å². The van der Waals surface area contributed by atoms with Crippen LogP contribution >= 0.6 is 0 Å². The van der Waals surface area contributed by atoms with Gasteiger partial charge in [-0.05, 0) is 53.3 Å². The van der Waals surface area contributed by atoms with E-state index >= 15 is 0 Å². The van der Waals surface area contributed by atoms with E-state index in [4.69, 9.17) is 4.74 Å². The molecule has 0 saturated carbocycles. The number of methoxy groups -OCH3 is 1. The molecule has 0 aromatic heterocycles. The molecule has 0 radical (unpaired) electrons. The Morgan fingerprint density at radius 3 is 2.22 bits per heavy atom. The Morgan fingerprint density at radius 2 is 1.62 bits per heavy atom. The van der Waals surface area contributed by atoms with Crippen LogP contribution in [-0.2, 0) is 4.79 Å². The number of fused-ring (bicyclic) bond motifs is 1. The highest BCUT2D eigenvalue weighted by Crippen LogP contribution is 2.43. The highest BCUT2D eigenvalue weighted by Gasteiger charge is 2.45. The van der Waals surface area contributed by atoms with Crippen LogP contribution in [0.2, 0.25) is 0 Å².